The molecular formula is C17H21N3O3S2. The molecule has 1 aliphatic heterocycles. The van der Waals surface area contributed by atoms with E-state index >= 15 is 0 Å². The molecule has 1 aromatic heterocycles. The van der Waals surface area contributed by atoms with E-state index in [9.17, 15) is 13.2 Å². The summed E-state index contributed by atoms with van der Waals surface area (Å²) in [6.07, 6.45) is 2.81. The highest BCUT2D eigenvalue weighted by Crippen LogP contribution is 2.24. The molecule has 1 aromatic carbocycles. The van der Waals surface area contributed by atoms with Gasteiger partial charge in [-0.3, -0.25) is 10.1 Å². The van der Waals surface area contributed by atoms with E-state index in [1.165, 1.54) is 21.7 Å². The Kier molecular flexibility index (Phi) is 5.21. The predicted molar refractivity (Wildman–Crippen MR) is 98.6 cm³/mol. The van der Waals surface area contributed by atoms with Gasteiger partial charge in [-0.15, -0.1) is 11.3 Å². The highest BCUT2D eigenvalue weighted by Gasteiger charge is 2.26. The van der Waals surface area contributed by atoms with Crippen LogP contribution in [0.5, 0.6) is 0 Å². The van der Waals surface area contributed by atoms with Gasteiger partial charge in [0.05, 0.1) is 10.6 Å². The number of thiazole rings is 1. The van der Waals surface area contributed by atoms with Gasteiger partial charge in [-0.05, 0) is 44.9 Å². The second-order valence-electron chi connectivity index (χ2n) is 6.11. The van der Waals surface area contributed by atoms with E-state index in [4.69, 9.17) is 0 Å². The van der Waals surface area contributed by atoms with Crippen LogP contribution >= 0.6 is 11.3 Å². The number of aromatic nitrogens is 1. The van der Waals surface area contributed by atoms with E-state index in [2.05, 4.69) is 10.3 Å². The summed E-state index contributed by atoms with van der Waals surface area (Å²) in [5.41, 5.74) is 1.19. The number of hydrogen-bond acceptors (Lipinski definition) is 5. The lowest BCUT2D eigenvalue weighted by Crippen LogP contribution is -2.35. The molecule has 1 saturated heterocycles. The lowest BCUT2D eigenvalue weighted by molar-refractivity contribution is 0.102. The van der Waals surface area contributed by atoms with Gasteiger partial charge in [0.1, 0.15) is 0 Å². The van der Waals surface area contributed by atoms with Crippen molar-refractivity contribution in [3.8, 4) is 0 Å². The van der Waals surface area contributed by atoms with Gasteiger partial charge >= 0.3 is 0 Å². The molecule has 1 N–H and O–H groups in total. The molecular weight excluding hydrogens is 358 g/mol. The fourth-order valence-corrected chi connectivity index (χ4v) is 5.12. The third kappa shape index (κ3) is 3.91. The molecule has 0 unspecified atom stereocenters. The number of rotatable bonds is 4. The number of piperidine rings is 1. The monoisotopic (exact) mass is 379 g/mol. The Morgan fingerprint density at radius 1 is 1.20 bits per heavy atom. The molecule has 3 rings (SSSR count). The number of carbonyl (C=O) groups excluding carboxylic acids is 1. The minimum Gasteiger partial charge on any atom is -0.298 e. The predicted octanol–water partition coefficient (Wildman–Crippen LogP) is 3.19. The topological polar surface area (TPSA) is 79.4 Å². The Hall–Kier alpha value is -1.77. The first-order valence-electron chi connectivity index (χ1n) is 8.23. The third-order valence-corrected chi connectivity index (χ3v) is 7.18. The van der Waals surface area contributed by atoms with Crippen LogP contribution in [0, 0.1) is 13.8 Å². The number of nitrogens with zero attached hydrogens (tertiary/aromatic N) is 2. The molecule has 0 atom stereocenters. The summed E-state index contributed by atoms with van der Waals surface area (Å²) in [4.78, 5) is 17.9. The molecule has 0 bridgehead atoms. The van der Waals surface area contributed by atoms with Gasteiger partial charge < -0.3 is 0 Å². The minimum atomic E-state index is -3.55. The average molecular weight is 380 g/mol. The Labute approximate surface area is 151 Å². The zero-order chi connectivity index (χ0) is 18.0. The van der Waals surface area contributed by atoms with Crippen molar-refractivity contribution in [1.29, 1.82) is 0 Å². The summed E-state index contributed by atoms with van der Waals surface area (Å²) in [5, 5.41) is 3.26. The summed E-state index contributed by atoms with van der Waals surface area (Å²) in [5.74, 6) is -0.357. The molecule has 134 valence electrons. The van der Waals surface area contributed by atoms with Crippen molar-refractivity contribution >= 4 is 32.4 Å². The van der Waals surface area contributed by atoms with Crippen LogP contribution in [0.2, 0.25) is 0 Å². The van der Waals surface area contributed by atoms with E-state index in [1.54, 1.807) is 18.2 Å². The van der Waals surface area contributed by atoms with E-state index in [-0.39, 0.29) is 10.8 Å². The SMILES string of the molecule is Cc1nc(NC(=O)c2cccc(S(=O)(=O)N3CCCCC3)c2)sc1C. The highest BCUT2D eigenvalue weighted by molar-refractivity contribution is 7.89. The zero-order valence-corrected chi connectivity index (χ0v) is 15.9. The maximum Gasteiger partial charge on any atom is 0.257 e. The summed E-state index contributed by atoms with van der Waals surface area (Å²) in [6, 6.07) is 6.19. The summed E-state index contributed by atoms with van der Waals surface area (Å²) < 4.78 is 27.0. The third-order valence-electron chi connectivity index (χ3n) is 4.30. The number of hydrogen-bond donors (Lipinski definition) is 1. The molecule has 2 heterocycles. The Morgan fingerprint density at radius 2 is 1.92 bits per heavy atom. The van der Waals surface area contributed by atoms with Crippen molar-refractivity contribution in [2.24, 2.45) is 0 Å². The maximum absolute atomic E-state index is 12.8. The van der Waals surface area contributed by atoms with E-state index in [0.717, 1.165) is 29.8 Å². The van der Waals surface area contributed by atoms with Crippen molar-refractivity contribution in [3.63, 3.8) is 0 Å². The summed E-state index contributed by atoms with van der Waals surface area (Å²) in [6.45, 7) is 4.90. The molecule has 6 nitrogen and oxygen atoms in total. The molecule has 25 heavy (non-hydrogen) atoms. The first-order chi connectivity index (χ1) is 11.9. The van der Waals surface area contributed by atoms with Gasteiger partial charge in [0.15, 0.2) is 5.13 Å². The minimum absolute atomic E-state index is 0.161. The van der Waals surface area contributed by atoms with Crippen LogP contribution < -0.4 is 5.32 Å². The van der Waals surface area contributed by atoms with Crippen LogP contribution in [0.1, 0.15) is 40.2 Å². The number of nitrogens with one attached hydrogen (secondary N) is 1. The normalized spacial score (nSPS) is 15.9. The van der Waals surface area contributed by atoms with Crippen LogP contribution in [0.4, 0.5) is 5.13 Å². The second-order valence-corrected chi connectivity index (χ2v) is 9.25. The van der Waals surface area contributed by atoms with Crippen LogP contribution in [-0.2, 0) is 10.0 Å². The van der Waals surface area contributed by atoms with Crippen molar-refractivity contribution in [3.05, 3.63) is 40.4 Å². The van der Waals surface area contributed by atoms with E-state index in [1.807, 2.05) is 13.8 Å². The lowest BCUT2D eigenvalue weighted by atomic mass is 10.2. The number of aryl methyl sites for hydroxylation is 2. The van der Waals surface area contributed by atoms with Gasteiger partial charge in [0.25, 0.3) is 5.91 Å². The van der Waals surface area contributed by atoms with Crippen molar-refractivity contribution < 1.29 is 13.2 Å². The number of benzene rings is 1. The summed E-state index contributed by atoms with van der Waals surface area (Å²) >= 11 is 1.40. The van der Waals surface area contributed by atoms with Crippen LogP contribution in [0.15, 0.2) is 29.2 Å². The standard InChI is InChI=1S/C17H21N3O3S2/c1-12-13(2)24-17(18-12)19-16(21)14-7-6-8-15(11-14)25(22,23)20-9-4-3-5-10-20/h6-8,11H,3-5,9-10H2,1-2H3,(H,18,19,21). The van der Waals surface area contributed by atoms with Crippen LogP contribution in [0.25, 0.3) is 0 Å². The fraction of sp³-hybridized carbons (Fsp3) is 0.412. The van der Waals surface area contributed by atoms with Crippen LogP contribution in [-0.4, -0.2) is 36.7 Å². The largest absolute Gasteiger partial charge is 0.298 e. The second kappa shape index (κ2) is 7.23. The zero-order valence-electron chi connectivity index (χ0n) is 14.3. The summed E-state index contributed by atoms with van der Waals surface area (Å²) in [7, 11) is -3.55. The quantitative estimate of drug-likeness (QED) is 0.885. The van der Waals surface area contributed by atoms with Crippen molar-refractivity contribution in [2.45, 2.75) is 38.0 Å². The molecule has 8 heteroatoms. The molecule has 2 aromatic rings. The molecule has 0 spiro atoms. The average Bonchev–Trinajstić information content (AvgIpc) is 2.93. The molecule has 1 aliphatic rings. The Balaban J connectivity index is 1.82. The van der Waals surface area contributed by atoms with Gasteiger partial charge in [-0.1, -0.05) is 12.5 Å². The van der Waals surface area contributed by atoms with Gasteiger partial charge in [0.2, 0.25) is 10.0 Å². The van der Waals surface area contributed by atoms with E-state index < -0.39 is 10.0 Å². The fourth-order valence-electron chi connectivity index (χ4n) is 2.75. The number of anilines is 1. The number of sulfonamides is 1. The maximum atomic E-state index is 12.8. The number of amides is 1. The van der Waals surface area contributed by atoms with Crippen molar-refractivity contribution in [1.82, 2.24) is 9.29 Å². The first-order valence-corrected chi connectivity index (χ1v) is 10.5. The van der Waals surface area contributed by atoms with Crippen LogP contribution in [0.3, 0.4) is 0 Å². The Morgan fingerprint density at radius 3 is 2.56 bits per heavy atom. The van der Waals surface area contributed by atoms with Crippen molar-refractivity contribution in [2.75, 3.05) is 18.4 Å². The highest BCUT2D eigenvalue weighted by atomic mass is 32.2. The van der Waals surface area contributed by atoms with E-state index in [0.29, 0.717) is 23.8 Å². The van der Waals surface area contributed by atoms with Gasteiger partial charge in [0, 0.05) is 23.5 Å². The molecule has 0 aliphatic carbocycles. The molecule has 0 saturated carbocycles. The Bertz CT molecular complexity index is 865. The smallest absolute Gasteiger partial charge is 0.257 e. The molecule has 1 amide bonds. The van der Waals surface area contributed by atoms with Gasteiger partial charge in [-0.25, -0.2) is 13.4 Å². The number of carbonyl (C=O) groups is 1. The van der Waals surface area contributed by atoms with Gasteiger partial charge in [-0.2, -0.15) is 4.31 Å². The first kappa shape index (κ1) is 18.0. The molecule has 1 fully saturated rings. The molecule has 0 radical (unpaired) electrons. The lowest BCUT2D eigenvalue weighted by Gasteiger charge is -2.26.